The predicted molar refractivity (Wildman–Crippen MR) is 77.2 cm³/mol. The highest BCUT2D eigenvalue weighted by Gasteiger charge is 2.09. The van der Waals surface area contributed by atoms with Crippen LogP contribution in [-0.4, -0.2) is 10.9 Å². The quantitative estimate of drug-likeness (QED) is 0.792. The van der Waals surface area contributed by atoms with Gasteiger partial charge in [0.05, 0.1) is 6.54 Å². The van der Waals surface area contributed by atoms with Crippen molar-refractivity contribution in [3.8, 4) is 0 Å². The van der Waals surface area contributed by atoms with Gasteiger partial charge in [-0.05, 0) is 16.8 Å². The average molecular weight is 268 g/mol. The van der Waals surface area contributed by atoms with Gasteiger partial charge in [0.15, 0.2) is 0 Å². The lowest BCUT2D eigenvalue weighted by molar-refractivity contribution is 0.0952. The summed E-state index contributed by atoms with van der Waals surface area (Å²) in [5, 5.41) is 7.76. The van der Waals surface area contributed by atoms with E-state index >= 15 is 0 Å². The van der Waals surface area contributed by atoms with Gasteiger partial charge < -0.3 is 5.32 Å². The molecule has 1 N–H and O–H groups in total. The lowest BCUT2D eigenvalue weighted by atomic mass is 10.0. The Labute approximate surface area is 114 Å². The van der Waals surface area contributed by atoms with Gasteiger partial charge in [-0.1, -0.05) is 36.4 Å². The molecule has 1 amide bonds. The highest BCUT2D eigenvalue weighted by Crippen LogP contribution is 2.18. The second kappa shape index (κ2) is 5.20. The second-order valence-corrected chi connectivity index (χ2v) is 5.11. The van der Waals surface area contributed by atoms with Crippen LogP contribution in [0.2, 0.25) is 0 Å². The number of carbonyl (C=O) groups excluding carboxylic acids is 1. The summed E-state index contributed by atoms with van der Waals surface area (Å²) in [6.45, 7) is 0.472. The zero-order chi connectivity index (χ0) is 13.1. The van der Waals surface area contributed by atoms with Gasteiger partial charge in [-0.2, -0.15) is 0 Å². The van der Waals surface area contributed by atoms with Crippen LogP contribution in [0.25, 0.3) is 10.8 Å². The lowest BCUT2D eigenvalue weighted by Crippen LogP contribution is -2.22. The zero-order valence-corrected chi connectivity index (χ0v) is 11.0. The van der Waals surface area contributed by atoms with Crippen molar-refractivity contribution in [3.05, 3.63) is 64.6 Å². The van der Waals surface area contributed by atoms with Crippen molar-refractivity contribution in [1.29, 1.82) is 0 Å². The molecular weight excluding hydrogens is 256 g/mol. The highest BCUT2D eigenvalue weighted by atomic mass is 32.1. The van der Waals surface area contributed by atoms with Crippen LogP contribution in [0.4, 0.5) is 0 Å². The fraction of sp³-hybridized carbons (Fsp3) is 0.0667. The third-order valence-electron chi connectivity index (χ3n) is 2.92. The number of rotatable bonds is 3. The molecule has 3 nitrogen and oxygen atoms in total. The molecule has 4 heteroatoms. The number of nitrogens with one attached hydrogen (secondary N) is 1. The number of benzene rings is 2. The Kier molecular flexibility index (Phi) is 3.25. The minimum Gasteiger partial charge on any atom is -0.346 e. The van der Waals surface area contributed by atoms with Crippen molar-refractivity contribution < 1.29 is 4.79 Å². The summed E-state index contributed by atoms with van der Waals surface area (Å²) in [7, 11) is 0. The fourth-order valence-corrected chi connectivity index (χ4v) is 2.57. The smallest absolute Gasteiger partial charge is 0.252 e. The van der Waals surface area contributed by atoms with Gasteiger partial charge in [-0.3, -0.25) is 4.79 Å². The number of amides is 1. The minimum absolute atomic E-state index is 0.0630. The molecule has 0 saturated heterocycles. The normalized spacial score (nSPS) is 10.5. The first-order chi connectivity index (χ1) is 9.34. The van der Waals surface area contributed by atoms with Gasteiger partial charge in [-0.25, -0.2) is 4.98 Å². The average Bonchev–Trinajstić information content (AvgIpc) is 2.97. The summed E-state index contributed by atoms with van der Waals surface area (Å²) < 4.78 is 0. The molecule has 0 fully saturated rings. The number of hydrogen-bond acceptors (Lipinski definition) is 3. The van der Waals surface area contributed by atoms with Crippen molar-refractivity contribution >= 4 is 28.0 Å². The van der Waals surface area contributed by atoms with Crippen molar-refractivity contribution in [2.24, 2.45) is 0 Å². The Morgan fingerprint density at radius 3 is 2.84 bits per heavy atom. The van der Waals surface area contributed by atoms with E-state index in [2.05, 4.69) is 10.3 Å². The Balaban J connectivity index is 1.85. The van der Waals surface area contributed by atoms with Crippen LogP contribution >= 0.6 is 11.3 Å². The number of thiazole rings is 1. The summed E-state index contributed by atoms with van der Waals surface area (Å²) in [6, 6.07) is 13.6. The Bertz CT molecular complexity index is 702. The number of fused-ring (bicyclic) bond motifs is 1. The number of hydrogen-bond donors (Lipinski definition) is 1. The monoisotopic (exact) mass is 268 g/mol. The van der Waals surface area contributed by atoms with Crippen LogP contribution in [0.3, 0.4) is 0 Å². The molecule has 0 atom stereocenters. The number of nitrogens with zero attached hydrogens (tertiary/aromatic N) is 1. The lowest BCUT2D eigenvalue weighted by Gasteiger charge is -2.06. The van der Waals surface area contributed by atoms with Gasteiger partial charge in [0.1, 0.15) is 5.01 Å². The standard InChI is InChI=1S/C15H12N2OS/c18-15(17-10-14-16-8-9-19-14)13-7-3-5-11-4-1-2-6-12(11)13/h1-9H,10H2,(H,17,18). The maximum atomic E-state index is 12.2. The highest BCUT2D eigenvalue weighted by molar-refractivity contribution is 7.09. The van der Waals surface area contributed by atoms with E-state index in [1.165, 1.54) is 11.3 Å². The maximum Gasteiger partial charge on any atom is 0.252 e. The largest absolute Gasteiger partial charge is 0.346 e. The molecule has 0 aliphatic rings. The molecule has 2 aromatic carbocycles. The van der Waals surface area contributed by atoms with E-state index in [1.54, 1.807) is 6.20 Å². The molecule has 0 unspecified atom stereocenters. The van der Waals surface area contributed by atoms with Crippen LogP contribution in [0.1, 0.15) is 15.4 Å². The van der Waals surface area contributed by atoms with E-state index in [9.17, 15) is 4.79 Å². The van der Waals surface area contributed by atoms with Crippen molar-refractivity contribution in [3.63, 3.8) is 0 Å². The molecule has 0 aliphatic carbocycles. The Morgan fingerprint density at radius 1 is 1.16 bits per heavy atom. The van der Waals surface area contributed by atoms with Crippen molar-refractivity contribution in [2.45, 2.75) is 6.54 Å². The zero-order valence-electron chi connectivity index (χ0n) is 10.2. The van der Waals surface area contributed by atoms with Crippen molar-refractivity contribution in [1.82, 2.24) is 10.3 Å². The molecule has 1 heterocycles. The van der Waals surface area contributed by atoms with Gasteiger partial charge in [0, 0.05) is 17.1 Å². The summed E-state index contributed by atoms with van der Waals surface area (Å²) in [6.07, 6.45) is 1.74. The summed E-state index contributed by atoms with van der Waals surface area (Å²) in [5.74, 6) is -0.0630. The summed E-state index contributed by atoms with van der Waals surface area (Å²) in [4.78, 5) is 16.4. The predicted octanol–water partition coefficient (Wildman–Crippen LogP) is 3.23. The van der Waals surface area contributed by atoms with E-state index in [0.717, 1.165) is 15.8 Å². The Morgan fingerprint density at radius 2 is 2.00 bits per heavy atom. The van der Waals surface area contributed by atoms with E-state index < -0.39 is 0 Å². The fourth-order valence-electron chi connectivity index (χ4n) is 2.01. The molecule has 0 spiro atoms. The molecule has 19 heavy (non-hydrogen) atoms. The molecule has 0 aliphatic heterocycles. The maximum absolute atomic E-state index is 12.2. The van der Waals surface area contributed by atoms with E-state index in [1.807, 2.05) is 47.8 Å². The van der Waals surface area contributed by atoms with Gasteiger partial charge in [0.25, 0.3) is 5.91 Å². The van der Waals surface area contributed by atoms with E-state index in [-0.39, 0.29) is 5.91 Å². The van der Waals surface area contributed by atoms with Crippen LogP contribution in [-0.2, 0) is 6.54 Å². The molecule has 0 bridgehead atoms. The van der Waals surface area contributed by atoms with Gasteiger partial charge in [-0.15, -0.1) is 11.3 Å². The van der Waals surface area contributed by atoms with Crippen LogP contribution in [0, 0.1) is 0 Å². The summed E-state index contributed by atoms with van der Waals surface area (Å²) >= 11 is 1.54. The molecule has 3 rings (SSSR count). The topological polar surface area (TPSA) is 42.0 Å². The summed E-state index contributed by atoms with van der Waals surface area (Å²) in [5.41, 5.74) is 0.703. The molecule has 1 aromatic heterocycles. The molecule has 0 radical (unpaired) electrons. The van der Waals surface area contributed by atoms with E-state index in [0.29, 0.717) is 12.1 Å². The van der Waals surface area contributed by atoms with Gasteiger partial charge >= 0.3 is 0 Å². The van der Waals surface area contributed by atoms with E-state index in [4.69, 9.17) is 0 Å². The first-order valence-corrected chi connectivity index (χ1v) is 6.87. The van der Waals surface area contributed by atoms with Crippen molar-refractivity contribution in [2.75, 3.05) is 0 Å². The Hall–Kier alpha value is -2.20. The number of aromatic nitrogens is 1. The van der Waals surface area contributed by atoms with Gasteiger partial charge in [0.2, 0.25) is 0 Å². The first-order valence-electron chi connectivity index (χ1n) is 5.99. The molecular formula is C15H12N2OS. The first kappa shape index (κ1) is 11.9. The third-order valence-corrected chi connectivity index (χ3v) is 3.70. The molecule has 0 saturated carbocycles. The van der Waals surface area contributed by atoms with Crippen LogP contribution < -0.4 is 5.32 Å². The molecule has 3 aromatic rings. The van der Waals surface area contributed by atoms with Crippen LogP contribution in [0.15, 0.2) is 54.0 Å². The minimum atomic E-state index is -0.0630. The third kappa shape index (κ3) is 2.48. The second-order valence-electron chi connectivity index (χ2n) is 4.14. The van der Waals surface area contributed by atoms with Crippen LogP contribution in [0.5, 0.6) is 0 Å². The SMILES string of the molecule is O=C(NCc1nccs1)c1cccc2ccccc12. The number of carbonyl (C=O) groups is 1. The molecule has 94 valence electrons.